The monoisotopic (exact) mass is 308 g/mol. The van der Waals surface area contributed by atoms with Crippen LogP contribution < -0.4 is 0 Å². The minimum atomic E-state index is -0.138. The van der Waals surface area contributed by atoms with Crippen molar-refractivity contribution in [2.24, 2.45) is 16.7 Å². The van der Waals surface area contributed by atoms with E-state index in [9.17, 15) is 4.79 Å². The van der Waals surface area contributed by atoms with Gasteiger partial charge in [-0.2, -0.15) is 0 Å². The standard InChI is InChI=1S/C10H14Br2O/c1-9(5-11)6-3-7(12)10(9,2)8(13)4-6/h6-7H,3-5H2,1-2H3/t6-,7+,9+,10+/m1/s1. The molecule has 0 radical (unpaired) electrons. The zero-order valence-electron chi connectivity index (χ0n) is 7.94. The number of fused-ring (bicyclic) bond motifs is 2. The minimum absolute atomic E-state index is 0.138. The van der Waals surface area contributed by atoms with E-state index in [1.807, 2.05) is 0 Å². The van der Waals surface area contributed by atoms with E-state index in [0.29, 0.717) is 16.5 Å². The summed E-state index contributed by atoms with van der Waals surface area (Å²) in [5, 5.41) is 0.939. The minimum Gasteiger partial charge on any atom is -0.299 e. The molecule has 2 bridgehead atoms. The smallest absolute Gasteiger partial charge is 0.140 e. The van der Waals surface area contributed by atoms with E-state index in [4.69, 9.17) is 0 Å². The van der Waals surface area contributed by atoms with E-state index in [-0.39, 0.29) is 10.8 Å². The highest BCUT2D eigenvalue weighted by Crippen LogP contribution is 2.66. The molecule has 0 saturated heterocycles. The Hall–Kier alpha value is 0.630. The Morgan fingerprint density at radius 1 is 1.54 bits per heavy atom. The fraction of sp³-hybridized carbons (Fsp3) is 0.900. The predicted molar refractivity (Wildman–Crippen MR) is 60.5 cm³/mol. The Kier molecular flexibility index (Phi) is 2.20. The molecule has 0 unspecified atom stereocenters. The number of ketones is 1. The average molecular weight is 310 g/mol. The molecule has 0 amide bonds. The molecule has 0 N–H and O–H groups in total. The van der Waals surface area contributed by atoms with Crippen molar-refractivity contribution in [2.75, 3.05) is 5.33 Å². The van der Waals surface area contributed by atoms with Crippen molar-refractivity contribution >= 4 is 37.6 Å². The molecule has 2 aliphatic carbocycles. The van der Waals surface area contributed by atoms with E-state index in [1.54, 1.807) is 0 Å². The number of halogens is 2. The van der Waals surface area contributed by atoms with Crippen LogP contribution in [0.5, 0.6) is 0 Å². The van der Waals surface area contributed by atoms with Crippen LogP contribution in [0.3, 0.4) is 0 Å². The molecule has 0 aromatic carbocycles. The molecule has 0 aromatic rings. The Balaban J connectivity index is 2.49. The van der Waals surface area contributed by atoms with E-state index in [0.717, 1.165) is 18.2 Å². The van der Waals surface area contributed by atoms with Crippen molar-refractivity contribution in [1.82, 2.24) is 0 Å². The fourth-order valence-corrected chi connectivity index (χ4v) is 5.28. The number of hydrogen-bond donors (Lipinski definition) is 0. The molecular weight excluding hydrogens is 296 g/mol. The van der Waals surface area contributed by atoms with Crippen molar-refractivity contribution in [1.29, 1.82) is 0 Å². The maximum Gasteiger partial charge on any atom is 0.140 e. The third kappa shape index (κ3) is 0.956. The van der Waals surface area contributed by atoms with Gasteiger partial charge < -0.3 is 0 Å². The first-order valence-corrected chi connectivity index (χ1v) is 6.74. The second-order valence-corrected chi connectivity index (χ2v) is 6.45. The van der Waals surface area contributed by atoms with Gasteiger partial charge in [0, 0.05) is 22.0 Å². The van der Waals surface area contributed by atoms with Crippen LogP contribution in [-0.4, -0.2) is 15.9 Å². The van der Waals surface area contributed by atoms with E-state index < -0.39 is 0 Å². The van der Waals surface area contributed by atoms with Gasteiger partial charge in [0.05, 0.1) is 0 Å². The van der Waals surface area contributed by atoms with Crippen LogP contribution in [0.2, 0.25) is 0 Å². The number of carbonyl (C=O) groups excluding carboxylic acids is 1. The first kappa shape index (κ1) is 10.2. The van der Waals surface area contributed by atoms with Crippen LogP contribution in [-0.2, 0) is 4.79 Å². The van der Waals surface area contributed by atoms with Crippen molar-refractivity contribution in [2.45, 2.75) is 31.5 Å². The summed E-state index contributed by atoms with van der Waals surface area (Å²) in [6.45, 7) is 4.38. The highest BCUT2D eigenvalue weighted by Gasteiger charge is 2.67. The van der Waals surface area contributed by atoms with Gasteiger partial charge in [0.25, 0.3) is 0 Å². The summed E-state index contributed by atoms with van der Waals surface area (Å²) in [7, 11) is 0. The topological polar surface area (TPSA) is 17.1 Å². The van der Waals surface area contributed by atoms with Crippen molar-refractivity contribution < 1.29 is 4.79 Å². The summed E-state index contributed by atoms with van der Waals surface area (Å²) in [4.78, 5) is 12.3. The third-order valence-corrected chi connectivity index (χ3v) is 6.95. The van der Waals surface area contributed by atoms with Gasteiger partial charge in [-0.25, -0.2) is 0 Å². The normalized spacial score (nSPS) is 54.6. The Labute approximate surface area is 95.9 Å². The summed E-state index contributed by atoms with van der Waals surface area (Å²) in [6, 6.07) is 0. The quantitative estimate of drug-likeness (QED) is 0.680. The Morgan fingerprint density at radius 3 is 2.46 bits per heavy atom. The lowest BCUT2D eigenvalue weighted by Gasteiger charge is -2.36. The molecule has 2 aliphatic rings. The van der Waals surface area contributed by atoms with Crippen LogP contribution in [0, 0.1) is 16.7 Å². The van der Waals surface area contributed by atoms with Gasteiger partial charge in [0.15, 0.2) is 0 Å². The number of hydrogen-bond acceptors (Lipinski definition) is 1. The van der Waals surface area contributed by atoms with Crippen LogP contribution in [0.25, 0.3) is 0 Å². The second kappa shape index (κ2) is 2.82. The molecule has 4 atom stereocenters. The molecule has 0 spiro atoms. The first-order chi connectivity index (χ1) is 5.96. The first-order valence-electron chi connectivity index (χ1n) is 4.70. The summed E-state index contributed by atoms with van der Waals surface area (Å²) < 4.78 is 0. The number of Topliss-reactive ketones (excluding diaryl/α,β-unsaturated/α-hetero) is 1. The third-order valence-electron chi connectivity index (χ3n) is 4.49. The molecule has 2 rings (SSSR count). The van der Waals surface area contributed by atoms with Crippen LogP contribution >= 0.6 is 31.9 Å². The molecule has 13 heavy (non-hydrogen) atoms. The summed E-state index contributed by atoms with van der Waals surface area (Å²) >= 11 is 7.24. The van der Waals surface area contributed by atoms with Gasteiger partial charge >= 0.3 is 0 Å². The molecule has 74 valence electrons. The van der Waals surface area contributed by atoms with Gasteiger partial charge in [0.2, 0.25) is 0 Å². The second-order valence-electron chi connectivity index (χ2n) is 4.78. The summed E-state index contributed by atoms with van der Waals surface area (Å²) in [5.74, 6) is 1.03. The predicted octanol–water partition coefficient (Wildman–Crippen LogP) is 3.15. The Bertz CT molecular complexity index is 266. The van der Waals surface area contributed by atoms with Gasteiger partial charge in [-0.3, -0.25) is 4.79 Å². The maximum absolute atomic E-state index is 11.9. The largest absolute Gasteiger partial charge is 0.299 e. The van der Waals surface area contributed by atoms with E-state index in [2.05, 4.69) is 45.7 Å². The zero-order chi connectivity index (χ0) is 9.85. The SMILES string of the molecule is C[C@]1(CBr)[C@H]2CC(=O)[C@]1(C)[C@@H](Br)C2. The lowest BCUT2D eigenvalue weighted by atomic mass is 9.70. The van der Waals surface area contributed by atoms with E-state index >= 15 is 0 Å². The van der Waals surface area contributed by atoms with Crippen LogP contribution in [0.1, 0.15) is 26.7 Å². The lowest BCUT2D eigenvalue weighted by molar-refractivity contribution is -0.127. The number of alkyl halides is 2. The maximum atomic E-state index is 11.9. The highest BCUT2D eigenvalue weighted by molar-refractivity contribution is 9.09. The molecule has 1 nitrogen and oxygen atoms in total. The van der Waals surface area contributed by atoms with Crippen molar-refractivity contribution in [3.05, 3.63) is 0 Å². The van der Waals surface area contributed by atoms with Gasteiger partial charge in [-0.15, -0.1) is 0 Å². The molecular formula is C10H14Br2O. The molecule has 0 aliphatic heterocycles. The fourth-order valence-electron chi connectivity index (χ4n) is 3.01. The lowest BCUT2D eigenvalue weighted by Crippen LogP contribution is -2.41. The number of rotatable bonds is 1. The van der Waals surface area contributed by atoms with Crippen LogP contribution in [0.4, 0.5) is 0 Å². The summed E-state index contributed by atoms with van der Waals surface area (Å²) in [5.41, 5.74) is 0.0272. The number of carbonyl (C=O) groups is 1. The van der Waals surface area contributed by atoms with Crippen LogP contribution in [0.15, 0.2) is 0 Å². The van der Waals surface area contributed by atoms with Gasteiger partial charge in [-0.1, -0.05) is 45.7 Å². The van der Waals surface area contributed by atoms with E-state index in [1.165, 1.54) is 0 Å². The Morgan fingerprint density at radius 2 is 2.15 bits per heavy atom. The summed E-state index contributed by atoms with van der Waals surface area (Å²) in [6.07, 6.45) is 1.95. The van der Waals surface area contributed by atoms with Gasteiger partial charge in [-0.05, 0) is 17.8 Å². The average Bonchev–Trinajstić information content (AvgIpc) is 2.38. The van der Waals surface area contributed by atoms with Crippen molar-refractivity contribution in [3.8, 4) is 0 Å². The molecule has 3 heteroatoms. The molecule has 2 saturated carbocycles. The van der Waals surface area contributed by atoms with Crippen molar-refractivity contribution in [3.63, 3.8) is 0 Å². The molecule has 0 aromatic heterocycles. The highest BCUT2D eigenvalue weighted by atomic mass is 79.9. The molecule has 0 heterocycles. The molecule has 2 fully saturated rings. The zero-order valence-corrected chi connectivity index (χ0v) is 11.1. The van der Waals surface area contributed by atoms with Gasteiger partial charge in [0.1, 0.15) is 5.78 Å².